The highest BCUT2D eigenvalue weighted by Gasteiger charge is 2.63. The van der Waals surface area contributed by atoms with Crippen LogP contribution in [0.3, 0.4) is 0 Å². The maximum atomic E-state index is 11.9. The third-order valence-electron chi connectivity index (χ3n) is 5.09. The standard InChI is InChI=1S/C13H15IO2/c14-11-6-7-5-8(12(15)16-7)9-1-2-10(11)13(9)3-4-13/h1-2,7-11H,3-6H2/t7-,8+,9+,10-,11+/m1/s1. The highest BCUT2D eigenvalue weighted by Crippen LogP contribution is 2.67. The largest absolute Gasteiger partial charge is 0.462 e. The van der Waals surface area contributed by atoms with Crippen LogP contribution in [-0.2, 0) is 9.53 Å². The van der Waals surface area contributed by atoms with Crippen molar-refractivity contribution in [2.45, 2.75) is 35.7 Å². The van der Waals surface area contributed by atoms with E-state index in [1.54, 1.807) is 0 Å². The number of alkyl halides is 1. The number of esters is 1. The minimum Gasteiger partial charge on any atom is -0.462 e. The van der Waals surface area contributed by atoms with Crippen molar-refractivity contribution in [3.63, 3.8) is 0 Å². The van der Waals surface area contributed by atoms with Gasteiger partial charge in [-0.15, -0.1) is 0 Å². The third kappa shape index (κ3) is 1.11. The first-order chi connectivity index (χ1) is 7.71. The number of hydrogen-bond acceptors (Lipinski definition) is 2. The molecule has 1 aliphatic heterocycles. The number of carbonyl (C=O) groups is 1. The SMILES string of the molecule is O=C1O[C@@H]2C[C@H]1[C@@H]1C=C[C@H]([C@@H](I)C2)C12CC2. The molecule has 0 radical (unpaired) electrons. The van der Waals surface area contributed by atoms with Gasteiger partial charge in [-0.05, 0) is 42.9 Å². The van der Waals surface area contributed by atoms with E-state index >= 15 is 0 Å². The van der Waals surface area contributed by atoms with E-state index in [1.165, 1.54) is 12.8 Å². The van der Waals surface area contributed by atoms with Gasteiger partial charge in [0.2, 0.25) is 0 Å². The van der Waals surface area contributed by atoms with E-state index in [0.717, 1.165) is 12.8 Å². The lowest BCUT2D eigenvalue weighted by Gasteiger charge is -2.32. The molecule has 2 saturated carbocycles. The van der Waals surface area contributed by atoms with E-state index in [2.05, 4.69) is 34.7 Å². The van der Waals surface area contributed by atoms with E-state index in [0.29, 0.717) is 21.2 Å². The summed E-state index contributed by atoms with van der Waals surface area (Å²) in [4.78, 5) is 11.9. The molecule has 0 aromatic rings. The minimum atomic E-state index is 0.0806. The van der Waals surface area contributed by atoms with Gasteiger partial charge in [0.1, 0.15) is 6.10 Å². The molecule has 1 saturated heterocycles. The molecule has 4 aliphatic rings. The molecule has 3 heteroatoms. The van der Waals surface area contributed by atoms with E-state index in [1.807, 2.05) is 0 Å². The lowest BCUT2D eigenvalue weighted by atomic mass is 9.72. The Morgan fingerprint density at radius 1 is 1.25 bits per heavy atom. The number of carbonyl (C=O) groups excluding carboxylic acids is 1. The third-order valence-corrected chi connectivity index (χ3v) is 6.38. The highest BCUT2D eigenvalue weighted by molar-refractivity contribution is 14.1. The molecule has 0 amide bonds. The first kappa shape index (κ1) is 9.92. The summed E-state index contributed by atoms with van der Waals surface area (Å²) >= 11 is 2.57. The Bertz CT molecular complexity index is 385. The van der Waals surface area contributed by atoms with Gasteiger partial charge in [0, 0.05) is 3.92 Å². The average Bonchev–Trinajstić information content (AvgIpc) is 2.77. The molecule has 1 spiro atoms. The van der Waals surface area contributed by atoms with Crippen LogP contribution >= 0.6 is 22.6 Å². The number of fused-ring (bicyclic) bond motifs is 3. The van der Waals surface area contributed by atoms with Crippen molar-refractivity contribution in [2.24, 2.45) is 23.2 Å². The van der Waals surface area contributed by atoms with Gasteiger partial charge in [-0.25, -0.2) is 0 Å². The minimum absolute atomic E-state index is 0.0806. The maximum absolute atomic E-state index is 11.9. The molecular weight excluding hydrogens is 315 g/mol. The number of halogens is 1. The first-order valence-electron chi connectivity index (χ1n) is 6.23. The Kier molecular flexibility index (Phi) is 1.88. The van der Waals surface area contributed by atoms with E-state index in [4.69, 9.17) is 4.74 Å². The summed E-state index contributed by atoms with van der Waals surface area (Å²) in [6.07, 6.45) is 9.63. The molecule has 0 N–H and O–H groups in total. The van der Waals surface area contributed by atoms with E-state index < -0.39 is 0 Å². The molecule has 2 nitrogen and oxygen atoms in total. The molecule has 0 aromatic carbocycles. The van der Waals surface area contributed by atoms with Crippen LogP contribution in [0.4, 0.5) is 0 Å². The molecule has 5 atom stereocenters. The average molecular weight is 330 g/mol. The van der Waals surface area contributed by atoms with Gasteiger partial charge in [0.15, 0.2) is 0 Å². The van der Waals surface area contributed by atoms with Crippen LogP contribution < -0.4 is 0 Å². The summed E-state index contributed by atoms with van der Waals surface area (Å²) in [5.41, 5.74) is 0.463. The van der Waals surface area contributed by atoms with Crippen molar-refractivity contribution >= 4 is 28.6 Å². The van der Waals surface area contributed by atoms with Crippen molar-refractivity contribution in [1.82, 2.24) is 0 Å². The zero-order valence-electron chi connectivity index (χ0n) is 9.06. The van der Waals surface area contributed by atoms with Gasteiger partial charge < -0.3 is 4.74 Å². The van der Waals surface area contributed by atoms with Gasteiger partial charge >= 0.3 is 5.97 Å². The fourth-order valence-corrected chi connectivity index (χ4v) is 5.71. The highest BCUT2D eigenvalue weighted by atomic mass is 127. The van der Waals surface area contributed by atoms with Crippen molar-refractivity contribution in [3.8, 4) is 0 Å². The van der Waals surface area contributed by atoms with Crippen molar-refractivity contribution in [1.29, 1.82) is 0 Å². The van der Waals surface area contributed by atoms with E-state index in [-0.39, 0.29) is 18.0 Å². The summed E-state index contributed by atoms with van der Waals surface area (Å²) < 4.78 is 6.16. The number of rotatable bonds is 0. The van der Waals surface area contributed by atoms with Crippen molar-refractivity contribution in [3.05, 3.63) is 12.2 Å². The summed E-state index contributed by atoms with van der Waals surface area (Å²) in [5, 5.41) is 0. The summed E-state index contributed by atoms with van der Waals surface area (Å²) in [6, 6.07) is 0. The molecule has 1 heterocycles. The Morgan fingerprint density at radius 2 is 2.00 bits per heavy atom. The van der Waals surface area contributed by atoms with Crippen LogP contribution in [0.5, 0.6) is 0 Å². The molecule has 0 unspecified atom stereocenters. The van der Waals surface area contributed by atoms with Gasteiger partial charge in [0.05, 0.1) is 5.92 Å². The molecule has 3 fully saturated rings. The topological polar surface area (TPSA) is 26.3 Å². The predicted octanol–water partition coefficient (Wildman–Crippen LogP) is 2.71. The number of hydrogen-bond donors (Lipinski definition) is 0. The van der Waals surface area contributed by atoms with E-state index in [9.17, 15) is 4.79 Å². The van der Waals surface area contributed by atoms with Crippen LogP contribution in [0.2, 0.25) is 0 Å². The zero-order valence-corrected chi connectivity index (χ0v) is 11.2. The van der Waals surface area contributed by atoms with Gasteiger partial charge in [-0.1, -0.05) is 34.7 Å². The molecule has 16 heavy (non-hydrogen) atoms. The van der Waals surface area contributed by atoms with Gasteiger partial charge in [-0.3, -0.25) is 4.79 Å². The number of allylic oxidation sites excluding steroid dienone is 2. The molecular formula is C13H15IO2. The van der Waals surface area contributed by atoms with Crippen LogP contribution in [0.15, 0.2) is 12.2 Å². The Labute approximate surface area is 109 Å². The second-order valence-electron chi connectivity index (χ2n) is 5.82. The predicted molar refractivity (Wildman–Crippen MR) is 68.2 cm³/mol. The first-order valence-corrected chi connectivity index (χ1v) is 7.48. The van der Waals surface area contributed by atoms with Gasteiger partial charge in [0.25, 0.3) is 0 Å². The second kappa shape index (κ2) is 3.03. The quantitative estimate of drug-likeness (QED) is 0.295. The summed E-state index contributed by atoms with van der Waals surface area (Å²) in [6.45, 7) is 0. The maximum Gasteiger partial charge on any atom is 0.309 e. The van der Waals surface area contributed by atoms with Crippen molar-refractivity contribution < 1.29 is 9.53 Å². The zero-order chi connectivity index (χ0) is 10.9. The molecule has 0 aromatic heterocycles. The fraction of sp³-hybridized carbons (Fsp3) is 0.769. The summed E-state index contributed by atoms with van der Waals surface area (Å²) in [7, 11) is 0. The van der Waals surface area contributed by atoms with Gasteiger partial charge in [-0.2, -0.15) is 0 Å². The Balaban J connectivity index is 1.79. The smallest absolute Gasteiger partial charge is 0.309 e. The van der Waals surface area contributed by atoms with Crippen LogP contribution in [0.1, 0.15) is 25.7 Å². The second-order valence-corrected chi connectivity index (χ2v) is 7.42. The lowest BCUT2D eigenvalue weighted by Crippen LogP contribution is -2.33. The normalized spacial score (nSPS) is 51.3. The van der Waals surface area contributed by atoms with Crippen LogP contribution in [0.25, 0.3) is 0 Å². The number of ether oxygens (including phenoxy) is 1. The summed E-state index contributed by atoms with van der Waals surface area (Å²) in [5.74, 6) is 1.46. The Morgan fingerprint density at radius 3 is 2.75 bits per heavy atom. The Hall–Kier alpha value is -0.0600. The molecule has 4 bridgehead atoms. The van der Waals surface area contributed by atoms with Crippen LogP contribution in [-0.4, -0.2) is 16.0 Å². The lowest BCUT2D eigenvalue weighted by molar-refractivity contribution is -0.145. The molecule has 3 aliphatic carbocycles. The monoisotopic (exact) mass is 330 g/mol. The van der Waals surface area contributed by atoms with Crippen molar-refractivity contribution in [2.75, 3.05) is 0 Å². The molecule has 4 rings (SSSR count). The fourth-order valence-electron chi connectivity index (χ4n) is 4.19. The van der Waals surface area contributed by atoms with Crippen LogP contribution in [0, 0.1) is 23.2 Å². The molecule has 86 valence electrons.